The molecule has 2 aromatic rings. The van der Waals surface area contributed by atoms with Gasteiger partial charge in [-0.3, -0.25) is 15.0 Å². The van der Waals surface area contributed by atoms with Crippen LogP contribution in [0, 0.1) is 0 Å². The number of hydrogen-bond acceptors (Lipinski definition) is 7. The Morgan fingerprint density at radius 2 is 1.79 bits per heavy atom. The van der Waals surface area contributed by atoms with Crippen LogP contribution in [0.4, 0.5) is 5.69 Å². The predicted molar refractivity (Wildman–Crippen MR) is 133 cm³/mol. The summed E-state index contributed by atoms with van der Waals surface area (Å²) in [4.78, 5) is 2.47. The van der Waals surface area contributed by atoms with Crippen LogP contribution in [0.25, 0.3) is 0 Å². The Morgan fingerprint density at radius 1 is 1.12 bits per heavy atom. The summed E-state index contributed by atoms with van der Waals surface area (Å²) in [6.07, 6.45) is 0. The van der Waals surface area contributed by atoms with E-state index in [1.807, 2.05) is 6.92 Å². The highest BCUT2D eigenvalue weighted by Gasteiger charge is 2.14. The van der Waals surface area contributed by atoms with Crippen molar-refractivity contribution in [2.45, 2.75) is 11.8 Å². The zero-order valence-electron chi connectivity index (χ0n) is 18.7. The molecule has 1 aliphatic rings. The molecule has 33 heavy (non-hydrogen) atoms. The molecule has 1 aliphatic heterocycles. The number of anilines is 1. The lowest BCUT2D eigenvalue weighted by atomic mass is 10.1. The summed E-state index contributed by atoms with van der Waals surface area (Å²) in [5, 5.41) is 7.86. The van der Waals surface area contributed by atoms with Crippen LogP contribution in [-0.2, 0) is 14.8 Å². The number of hydrogen-bond donors (Lipinski definition) is 3. The second-order valence-corrected chi connectivity index (χ2v) is 9.47. The minimum absolute atomic E-state index is 0.156. The van der Waals surface area contributed by atoms with Gasteiger partial charge in [0, 0.05) is 31.9 Å². The van der Waals surface area contributed by atoms with E-state index in [0.717, 1.165) is 38.4 Å². The first-order chi connectivity index (χ1) is 15.9. The molecular formula is C22H29N5O4S2. The van der Waals surface area contributed by atoms with Gasteiger partial charge in [0.1, 0.15) is 5.75 Å². The molecule has 0 saturated carbocycles. The summed E-state index contributed by atoms with van der Waals surface area (Å²) >= 11 is 5.27. The Morgan fingerprint density at radius 3 is 2.42 bits per heavy atom. The maximum Gasteiger partial charge on any atom is 0.261 e. The molecule has 0 radical (unpaired) electrons. The molecule has 0 bridgehead atoms. The van der Waals surface area contributed by atoms with E-state index in [2.05, 4.69) is 25.5 Å². The molecule has 1 heterocycles. The largest absolute Gasteiger partial charge is 0.497 e. The summed E-state index contributed by atoms with van der Waals surface area (Å²) in [5.41, 5.74) is 4.74. The Labute approximate surface area is 200 Å². The van der Waals surface area contributed by atoms with Crippen molar-refractivity contribution in [1.82, 2.24) is 15.6 Å². The van der Waals surface area contributed by atoms with E-state index in [4.69, 9.17) is 21.7 Å². The van der Waals surface area contributed by atoms with Gasteiger partial charge < -0.3 is 14.8 Å². The van der Waals surface area contributed by atoms with Crippen LogP contribution >= 0.6 is 12.2 Å². The minimum Gasteiger partial charge on any atom is -0.497 e. The number of benzene rings is 2. The fourth-order valence-electron chi connectivity index (χ4n) is 3.14. The average molecular weight is 492 g/mol. The monoisotopic (exact) mass is 491 g/mol. The molecule has 0 aliphatic carbocycles. The highest BCUT2D eigenvalue weighted by Crippen LogP contribution is 2.19. The van der Waals surface area contributed by atoms with Gasteiger partial charge in [0.25, 0.3) is 10.0 Å². The van der Waals surface area contributed by atoms with Crippen molar-refractivity contribution < 1.29 is 17.9 Å². The quantitative estimate of drug-likeness (QED) is 0.278. The molecule has 3 rings (SSSR count). The van der Waals surface area contributed by atoms with E-state index >= 15 is 0 Å². The maximum atomic E-state index is 12.6. The van der Waals surface area contributed by atoms with E-state index in [1.54, 1.807) is 55.6 Å². The third kappa shape index (κ3) is 7.67. The van der Waals surface area contributed by atoms with Crippen molar-refractivity contribution in [2.24, 2.45) is 5.10 Å². The Bertz CT molecular complexity index is 1050. The Kier molecular flexibility index (Phi) is 9.01. The maximum absolute atomic E-state index is 12.6. The van der Waals surface area contributed by atoms with Crippen LogP contribution in [0.1, 0.15) is 12.5 Å². The van der Waals surface area contributed by atoms with Gasteiger partial charge in [0.2, 0.25) is 0 Å². The second kappa shape index (κ2) is 11.9. The van der Waals surface area contributed by atoms with Crippen LogP contribution in [0.3, 0.4) is 0 Å². The second-order valence-electron chi connectivity index (χ2n) is 7.38. The van der Waals surface area contributed by atoms with Gasteiger partial charge in [-0.25, -0.2) is 8.42 Å². The molecule has 2 aromatic carbocycles. The van der Waals surface area contributed by atoms with E-state index in [9.17, 15) is 8.42 Å². The van der Waals surface area contributed by atoms with Gasteiger partial charge in [-0.15, -0.1) is 0 Å². The lowest BCUT2D eigenvalue weighted by Crippen LogP contribution is -2.42. The third-order valence-corrected chi connectivity index (χ3v) is 6.70. The number of morpholine rings is 1. The molecule has 1 saturated heterocycles. The lowest BCUT2D eigenvalue weighted by Gasteiger charge is -2.26. The van der Waals surface area contributed by atoms with E-state index in [0.29, 0.717) is 28.8 Å². The van der Waals surface area contributed by atoms with Gasteiger partial charge in [0.05, 0.1) is 30.9 Å². The fourth-order valence-corrected chi connectivity index (χ4v) is 4.35. The number of rotatable bonds is 9. The first-order valence-electron chi connectivity index (χ1n) is 10.5. The standard InChI is InChI=1S/C22H29N5O4S2/c1-17(24-25-22(32)23-11-12-27-13-15-31-16-14-27)18-3-9-21(10-4-18)33(28,29)26-19-5-7-20(30-2)8-6-19/h3-10,26H,11-16H2,1-2H3,(H2,23,25,32). The van der Waals surface area contributed by atoms with Crippen molar-refractivity contribution >= 4 is 38.8 Å². The first-order valence-corrected chi connectivity index (χ1v) is 12.4. The van der Waals surface area contributed by atoms with Crippen LogP contribution in [-0.4, -0.2) is 70.6 Å². The molecule has 11 heteroatoms. The zero-order valence-corrected chi connectivity index (χ0v) is 20.3. The van der Waals surface area contributed by atoms with E-state index in [1.165, 1.54) is 0 Å². The number of nitrogens with zero attached hydrogens (tertiary/aromatic N) is 2. The summed E-state index contributed by atoms with van der Waals surface area (Å²) < 4.78 is 38.3. The molecule has 0 spiro atoms. The molecule has 1 fully saturated rings. The molecule has 3 N–H and O–H groups in total. The summed E-state index contributed by atoms with van der Waals surface area (Å²) in [5.74, 6) is 0.650. The number of thiocarbonyl (C=S) groups is 1. The molecule has 0 atom stereocenters. The Balaban J connectivity index is 1.51. The van der Waals surface area contributed by atoms with Crippen molar-refractivity contribution in [3.05, 3.63) is 54.1 Å². The molecule has 178 valence electrons. The summed E-state index contributed by atoms with van der Waals surface area (Å²) in [6, 6.07) is 13.2. The molecule has 0 unspecified atom stereocenters. The van der Waals surface area contributed by atoms with Crippen molar-refractivity contribution in [3.63, 3.8) is 0 Å². The third-order valence-electron chi connectivity index (χ3n) is 5.07. The predicted octanol–water partition coefficient (Wildman–Crippen LogP) is 2.02. The number of hydrazone groups is 1. The number of ether oxygens (including phenoxy) is 2. The van der Waals surface area contributed by atoms with Crippen molar-refractivity contribution in [3.8, 4) is 5.75 Å². The smallest absolute Gasteiger partial charge is 0.261 e. The minimum atomic E-state index is -3.71. The summed E-state index contributed by atoms with van der Waals surface area (Å²) in [6.45, 7) is 6.82. The SMILES string of the molecule is COc1ccc(NS(=O)(=O)c2ccc(C(C)=NNC(=S)NCCN3CCOCC3)cc2)cc1. The fraction of sp³-hybridized carbons (Fsp3) is 0.364. The van der Waals surface area contributed by atoms with Crippen LogP contribution in [0.2, 0.25) is 0 Å². The van der Waals surface area contributed by atoms with Crippen LogP contribution in [0.15, 0.2) is 58.5 Å². The van der Waals surface area contributed by atoms with Gasteiger partial charge in [-0.2, -0.15) is 5.10 Å². The topological polar surface area (TPSA) is 104 Å². The number of sulfonamides is 1. The van der Waals surface area contributed by atoms with E-state index < -0.39 is 10.0 Å². The number of methoxy groups -OCH3 is 1. The van der Waals surface area contributed by atoms with Gasteiger partial charge in [-0.1, -0.05) is 12.1 Å². The zero-order chi connectivity index (χ0) is 23.7. The van der Waals surface area contributed by atoms with Gasteiger partial charge >= 0.3 is 0 Å². The lowest BCUT2D eigenvalue weighted by molar-refractivity contribution is 0.0389. The highest BCUT2D eigenvalue weighted by molar-refractivity contribution is 7.92. The van der Waals surface area contributed by atoms with Crippen LogP contribution in [0.5, 0.6) is 5.75 Å². The van der Waals surface area contributed by atoms with Crippen molar-refractivity contribution in [2.75, 3.05) is 51.2 Å². The van der Waals surface area contributed by atoms with Crippen molar-refractivity contribution in [1.29, 1.82) is 0 Å². The van der Waals surface area contributed by atoms with Gasteiger partial charge in [0.15, 0.2) is 5.11 Å². The number of nitrogens with one attached hydrogen (secondary N) is 3. The first kappa shape index (κ1) is 24.9. The molecule has 9 nitrogen and oxygen atoms in total. The van der Waals surface area contributed by atoms with Gasteiger partial charge in [-0.05, 0) is 61.1 Å². The van der Waals surface area contributed by atoms with Crippen LogP contribution < -0.4 is 20.2 Å². The normalized spacial score (nSPS) is 15.0. The summed E-state index contributed by atoms with van der Waals surface area (Å²) in [7, 11) is -2.16. The average Bonchev–Trinajstić information content (AvgIpc) is 2.83. The molecule has 0 amide bonds. The molecular weight excluding hydrogens is 462 g/mol. The van der Waals surface area contributed by atoms with E-state index in [-0.39, 0.29) is 4.90 Å². The Hall–Kier alpha value is -2.73. The highest BCUT2D eigenvalue weighted by atomic mass is 32.2. The molecule has 0 aromatic heterocycles.